The van der Waals surface area contributed by atoms with Gasteiger partial charge in [-0.05, 0) is 36.5 Å². The van der Waals surface area contributed by atoms with Gasteiger partial charge in [-0.2, -0.15) is 0 Å². The van der Waals surface area contributed by atoms with E-state index in [0.29, 0.717) is 19.8 Å². The number of carbonyl (C=O) groups is 1. The average Bonchev–Trinajstić information content (AvgIpc) is 2.74. The number of hydrogen-bond acceptors (Lipinski definition) is 3. The topological polar surface area (TPSA) is 52.3 Å². The van der Waals surface area contributed by atoms with Crippen LogP contribution in [-0.4, -0.2) is 25.5 Å². The monoisotopic (exact) mass is 231 g/mol. The number of rotatable bonds is 3. The van der Waals surface area contributed by atoms with Crippen LogP contribution in [0.15, 0.2) is 18.2 Å². The number of ether oxygens (including phenoxy) is 1. The van der Waals surface area contributed by atoms with E-state index < -0.39 is 5.41 Å². The standard InChI is InChI=1S/C14H17NO2/c15-7-14(8-17-9-14)13(16)12-5-4-10-2-1-3-11(10)6-12/h4-6H,1-3,7-9,15H2. The molecule has 0 aromatic heterocycles. The SMILES string of the molecule is NCC1(C(=O)c2ccc3c(c2)CCC3)COC1. The highest BCUT2D eigenvalue weighted by atomic mass is 16.5. The Balaban J connectivity index is 1.91. The molecule has 0 radical (unpaired) electrons. The zero-order chi connectivity index (χ0) is 11.9. The van der Waals surface area contributed by atoms with E-state index >= 15 is 0 Å². The number of Topliss-reactive ketones (excluding diaryl/α,β-unsaturated/α-hetero) is 1. The molecular formula is C14H17NO2. The van der Waals surface area contributed by atoms with E-state index in [9.17, 15) is 4.79 Å². The third-order valence-corrected chi connectivity index (χ3v) is 3.99. The lowest BCUT2D eigenvalue weighted by Gasteiger charge is -2.38. The molecule has 0 unspecified atom stereocenters. The summed E-state index contributed by atoms with van der Waals surface area (Å²) in [5.41, 5.74) is 8.81. The maximum absolute atomic E-state index is 12.4. The van der Waals surface area contributed by atoms with Crippen LogP contribution in [0.3, 0.4) is 0 Å². The maximum atomic E-state index is 12.4. The quantitative estimate of drug-likeness (QED) is 0.798. The first-order valence-corrected chi connectivity index (χ1v) is 6.20. The number of nitrogens with two attached hydrogens (primary N) is 1. The van der Waals surface area contributed by atoms with E-state index in [4.69, 9.17) is 10.5 Å². The van der Waals surface area contributed by atoms with Gasteiger partial charge in [0.2, 0.25) is 0 Å². The molecule has 3 nitrogen and oxygen atoms in total. The molecule has 1 fully saturated rings. The molecule has 90 valence electrons. The van der Waals surface area contributed by atoms with Crippen LogP contribution in [0.1, 0.15) is 27.9 Å². The fraction of sp³-hybridized carbons (Fsp3) is 0.500. The fourth-order valence-electron chi connectivity index (χ4n) is 2.71. The zero-order valence-corrected chi connectivity index (χ0v) is 9.87. The van der Waals surface area contributed by atoms with Crippen molar-refractivity contribution < 1.29 is 9.53 Å². The lowest BCUT2D eigenvalue weighted by molar-refractivity contribution is -0.0816. The first kappa shape index (κ1) is 10.9. The Labute approximate surface area is 101 Å². The fourth-order valence-corrected chi connectivity index (χ4v) is 2.71. The van der Waals surface area contributed by atoms with E-state index in [1.807, 2.05) is 6.07 Å². The van der Waals surface area contributed by atoms with Gasteiger partial charge in [-0.15, -0.1) is 0 Å². The first-order valence-electron chi connectivity index (χ1n) is 6.20. The lowest BCUT2D eigenvalue weighted by atomic mass is 9.78. The summed E-state index contributed by atoms with van der Waals surface area (Å²) in [5.74, 6) is 0.154. The molecule has 0 atom stereocenters. The van der Waals surface area contributed by atoms with Gasteiger partial charge in [-0.3, -0.25) is 4.79 Å². The van der Waals surface area contributed by atoms with Crippen molar-refractivity contribution in [1.29, 1.82) is 0 Å². The molecule has 17 heavy (non-hydrogen) atoms. The number of ketones is 1. The van der Waals surface area contributed by atoms with E-state index in [-0.39, 0.29) is 5.78 Å². The minimum Gasteiger partial charge on any atom is -0.379 e. The summed E-state index contributed by atoms with van der Waals surface area (Å²) in [4.78, 5) is 12.4. The van der Waals surface area contributed by atoms with E-state index in [1.165, 1.54) is 17.5 Å². The highest BCUT2D eigenvalue weighted by molar-refractivity contribution is 6.01. The normalized spacial score (nSPS) is 20.8. The van der Waals surface area contributed by atoms with E-state index in [0.717, 1.165) is 18.4 Å². The van der Waals surface area contributed by atoms with Gasteiger partial charge >= 0.3 is 0 Å². The molecule has 0 amide bonds. The Bertz CT molecular complexity index is 458. The Morgan fingerprint density at radius 3 is 2.71 bits per heavy atom. The van der Waals surface area contributed by atoms with Crippen LogP contribution in [0.4, 0.5) is 0 Å². The summed E-state index contributed by atoms with van der Waals surface area (Å²) in [7, 11) is 0. The summed E-state index contributed by atoms with van der Waals surface area (Å²) >= 11 is 0. The number of benzene rings is 1. The van der Waals surface area contributed by atoms with Crippen LogP contribution in [-0.2, 0) is 17.6 Å². The molecule has 2 N–H and O–H groups in total. The molecule has 2 aliphatic rings. The highest BCUT2D eigenvalue weighted by Gasteiger charge is 2.44. The second-order valence-corrected chi connectivity index (χ2v) is 5.14. The molecule has 0 bridgehead atoms. The van der Waals surface area contributed by atoms with Crippen molar-refractivity contribution in [3.8, 4) is 0 Å². The second-order valence-electron chi connectivity index (χ2n) is 5.14. The van der Waals surface area contributed by atoms with Crippen molar-refractivity contribution in [2.45, 2.75) is 19.3 Å². The van der Waals surface area contributed by atoms with Crippen LogP contribution in [0.25, 0.3) is 0 Å². The summed E-state index contributed by atoms with van der Waals surface area (Å²) in [6.45, 7) is 1.32. The molecule has 0 spiro atoms. The maximum Gasteiger partial charge on any atom is 0.174 e. The summed E-state index contributed by atoms with van der Waals surface area (Å²) in [6.07, 6.45) is 3.45. The van der Waals surface area contributed by atoms with Gasteiger partial charge in [0.25, 0.3) is 0 Å². The first-order chi connectivity index (χ1) is 8.25. The van der Waals surface area contributed by atoms with Gasteiger partial charge in [-0.25, -0.2) is 0 Å². The summed E-state index contributed by atoms with van der Waals surface area (Å²) in [5, 5.41) is 0. The zero-order valence-electron chi connectivity index (χ0n) is 9.87. The molecule has 1 aromatic carbocycles. The average molecular weight is 231 g/mol. The van der Waals surface area contributed by atoms with Gasteiger partial charge in [0.1, 0.15) is 0 Å². The second kappa shape index (κ2) is 3.93. The number of hydrogen-bond donors (Lipinski definition) is 1. The Morgan fingerprint density at radius 1 is 1.29 bits per heavy atom. The van der Waals surface area contributed by atoms with Crippen LogP contribution in [0, 0.1) is 5.41 Å². The molecule has 1 aromatic rings. The van der Waals surface area contributed by atoms with Crippen molar-refractivity contribution >= 4 is 5.78 Å². The Hall–Kier alpha value is -1.19. The molecule has 3 heteroatoms. The molecule has 1 saturated heterocycles. The van der Waals surface area contributed by atoms with Crippen molar-refractivity contribution in [2.24, 2.45) is 11.1 Å². The number of carbonyl (C=O) groups excluding carboxylic acids is 1. The Morgan fingerprint density at radius 2 is 2.06 bits per heavy atom. The van der Waals surface area contributed by atoms with Crippen molar-refractivity contribution in [2.75, 3.05) is 19.8 Å². The smallest absolute Gasteiger partial charge is 0.174 e. The molecule has 3 rings (SSSR count). The van der Waals surface area contributed by atoms with Crippen LogP contribution in [0.2, 0.25) is 0 Å². The molecule has 1 aliphatic heterocycles. The van der Waals surface area contributed by atoms with Gasteiger partial charge < -0.3 is 10.5 Å². The minimum atomic E-state index is -0.452. The minimum absolute atomic E-state index is 0.154. The van der Waals surface area contributed by atoms with Crippen molar-refractivity contribution in [1.82, 2.24) is 0 Å². The lowest BCUT2D eigenvalue weighted by Crippen LogP contribution is -2.54. The third kappa shape index (κ3) is 1.61. The van der Waals surface area contributed by atoms with E-state index in [2.05, 4.69) is 12.1 Å². The van der Waals surface area contributed by atoms with E-state index in [1.54, 1.807) is 0 Å². The van der Waals surface area contributed by atoms with Gasteiger partial charge in [0.05, 0.1) is 18.6 Å². The summed E-state index contributed by atoms with van der Waals surface area (Å²) < 4.78 is 5.16. The summed E-state index contributed by atoms with van der Waals surface area (Å²) in [6, 6.07) is 6.10. The van der Waals surface area contributed by atoms with Crippen molar-refractivity contribution in [3.05, 3.63) is 34.9 Å². The number of aryl methyl sites for hydroxylation is 2. The van der Waals surface area contributed by atoms with Crippen LogP contribution >= 0.6 is 0 Å². The van der Waals surface area contributed by atoms with Gasteiger partial charge in [-0.1, -0.05) is 12.1 Å². The number of fused-ring (bicyclic) bond motifs is 1. The van der Waals surface area contributed by atoms with Crippen molar-refractivity contribution in [3.63, 3.8) is 0 Å². The highest BCUT2D eigenvalue weighted by Crippen LogP contribution is 2.32. The van der Waals surface area contributed by atoms with Gasteiger partial charge in [0, 0.05) is 12.1 Å². The van der Waals surface area contributed by atoms with Crippen LogP contribution < -0.4 is 5.73 Å². The molecule has 0 saturated carbocycles. The van der Waals surface area contributed by atoms with Crippen LogP contribution in [0.5, 0.6) is 0 Å². The third-order valence-electron chi connectivity index (χ3n) is 3.99. The predicted molar refractivity (Wildman–Crippen MR) is 65.1 cm³/mol. The Kier molecular flexibility index (Phi) is 2.53. The largest absolute Gasteiger partial charge is 0.379 e. The molecule has 1 aliphatic carbocycles. The molecular weight excluding hydrogens is 214 g/mol. The van der Waals surface area contributed by atoms with Gasteiger partial charge in [0.15, 0.2) is 5.78 Å². The predicted octanol–water partition coefficient (Wildman–Crippen LogP) is 1.33. The molecule has 1 heterocycles.